The van der Waals surface area contributed by atoms with Gasteiger partial charge in [0.15, 0.2) is 0 Å². The summed E-state index contributed by atoms with van der Waals surface area (Å²) in [6, 6.07) is 0. The highest BCUT2D eigenvalue weighted by Gasteiger charge is 1.37. The Morgan fingerprint density at radius 3 is 1.00 bits per heavy atom. The van der Waals surface area contributed by atoms with Crippen molar-refractivity contribution in [3.05, 3.63) is 0 Å². The standard InChI is InChI=1S/2C2H7N.C2H5O.BrH/c3*1-2-3;/h2*2-3H2,1H3;2H2,1H3;1H/q;;-1;/p+1. The third-order valence-corrected chi connectivity index (χ3v) is 0. The minimum absolute atomic E-state index is 0. The molecule has 68 valence electrons. The van der Waals surface area contributed by atoms with Gasteiger partial charge in [0.1, 0.15) is 0 Å². The van der Waals surface area contributed by atoms with Crippen molar-refractivity contribution >= 4 is 0 Å². The maximum atomic E-state index is 8.93. The van der Waals surface area contributed by atoms with Gasteiger partial charge in [0, 0.05) is 0 Å². The number of quaternary nitrogens is 2. The van der Waals surface area contributed by atoms with E-state index < -0.39 is 0 Å². The summed E-state index contributed by atoms with van der Waals surface area (Å²) in [6.45, 7) is 7.60. The summed E-state index contributed by atoms with van der Waals surface area (Å²) < 4.78 is 0. The van der Waals surface area contributed by atoms with Gasteiger partial charge >= 0.3 is 0 Å². The van der Waals surface area contributed by atoms with E-state index in [1.807, 2.05) is 13.8 Å². The van der Waals surface area contributed by atoms with E-state index in [4.69, 9.17) is 5.11 Å². The summed E-state index contributed by atoms with van der Waals surface area (Å²) in [7, 11) is 0. The van der Waals surface area contributed by atoms with Crippen molar-refractivity contribution < 1.29 is 33.6 Å². The molecule has 0 radical (unpaired) electrons. The molecule has 0 heterocycles. The second-order valence-electron chi connectivity index (χ2n) is 1.29. The molecule has 0 aliphatic heterocycles. The maximum absolute atomic E-state index is 8.93. The normalized spacial score (nSPS) is 5.40. The number of hydrogen-bond donors (Lipinski definition) is 2. The van der Waals surface area contributed by atoms with Crippen molar-refractivity contribution in [2.75, 3.05) is 19.7 Å². The van der Waals surface area contributed by atoms with Crippen molar-refractivity contribution in [2.45, 2.75) is 20.8 Å². The van der Waals surface area contributed by atoms with Crippen LogP contribution in [0.15, 0.2) is 0 Å². The van der Waals surface area contributed by atoms with Gasteiger partial charge in [0.05, 0.1) is 13.1 Å². The summed E-state index contributed by atoms with van der Waals surface area (Å²) >= 11 is 0. The minimum atomic E-state index is 0. The summed E-state index contributed by atoms with van der Waals surface area (Å²) in [5.74, 6) is 0. The van der Waals surface area contributed by atoms with Gasteiger partial charge < -0.3 is 33.6 Å². The molecule has 0 aromatic heterocycles. The molecule has 6 N–H and O–H groups in total. The fraction of sp³-hybridized carbons (Fsp3) is 1.00. The Morgan fingerprint density at radius 1 is 1.00 bits per heavy atom. The quantitative estimate of drug-likeness (QED) is 0.418. The highest BCUT2D eigenvalue weighted by Crippen LogP contribution is 1.18. The summed E-state index contributed by atoms with van der Waals surface area (Å²) in [4.78, 5) is 0. The molecule has 0 amide bonds. The minimum Gasteiger partial charge on any atom is -1.00 e. The van der Waals surface area contributed by atoms with Gasteiger partial charge in [-0.25, -0.2) is 0 Å². The maximum Gasteiger partial charge on any atom is 0.0711 e. The lowest BCUT2D eigenvalue weighted by atomic mass is 10.8. The molecule has 0 spiro atoms. The Morgan fingerprint density at radius 2 is 1.00 bits per heavy atom. The fourth-order valence-corrected chi connectivity index (χ4v) is 0. The van der Waals surface area contributed by atoms with E-state index in [2.05, 4.69) is 11.5 Å². The third kappa shape index (κ3) is 3490. The van der Waals surface area contributed by atoms with Gasteiger partial charge in [-0.05, 0) is 13.8 Å². The Balaban J connectivity index is -0.0000000257. The van der Waals surface area contributed by atoms with Gasteiger partial charge in [0.2, 0.25) is 0 Å². The Kier molecular flexibility index (Phi) is 130. The highest BCUT2D eigenvalue weighted by molar-refractivity contribution is 3.80. The van der Waals surface area contributed by atoms with Crippen LogP contribution < -0.4 is 33.6 Å². The van der Waals surface area contributed by atoms with E-state index in [-0.39, 0.29) is 23.6 Å². The topological polar surface area (TPSA) is 78.3 Å². The molecule has 0 aliphatic carbocycles. The zero-order valence-electron chi connectivity index (χ0n) is 7.32. The number of rotatable bonds is 0. The lowest BCUT2D eigenvalue weighted by Crippen LogP contribution is -3.00. The van der Waals surface area contributed by atoms with Crippen LogP contribution in [0.5, 0.6) is 0 Å². The van der Waals surface area contributed by atoms with Gasteiger partial charge in [0.25, 0.3) is 0 Å². The van der Waals surface area contributed by atoms with Gasteiger partial charge in [-0.15, -0.1) is 6.61 Å². The van der Waals surface area contributed by atoms with Crippen LogP contribution in [-0.4, -0.2) is 19.7 Å². The highest BCUT2D eigenvalue weighted by atomic mass is 79.9. The van der Waals surface area contributed by atoms with E-state index in [1.54, 1.807) is 6.92 Å². The molecular formula is C6H21BrN2O. The lowest BCUT2D eigenvalue weighted by Gasteiger charge is -1.79. The van der Waals surface area contributed by atoms with Crippen LogP contribution in [0.2, 0.25) is 0 Å². The SMILES string of the molecule is CC[NH3+].CC[NH3+].CC[O-].[Br-]. The predicted molar refractivity (Wildman–Crippen MR) is 37.4 cm³/mol. The average molecular weight is 217 g/mol. The molecule has 4 heteroatoms. The van der Waals surface area contributed by atoms with E-state index >= 15 is 0 Å². The van der Waals surface area contributed by atoms with E-state index in [0.717, 1.165) is 13.1 Å². The van der Waals surface area contributed by atoms with Crippen LogP contribution in [-0.2, 0) is 0 Å². The second kappa shape index (κ2) is 57.9. The van der Waals surface area contributed by atoms with E-state index in [0.29, 0.717) is 0 Å². The molecule has 0 saturated heterocycles. The van der Waals surface area contributed by atoms with E-state index in [1.165, 1.54) is 0 Å². The Bertz CT molecular complexity index is 20.5. The molecule has 0 aromatic carbocycles. The van der Waals surface area contributed by atoms with Gasteiger partial charge in [-0.1, -0.05) is 6.92 Å². The summed E-state index contributed by atoms with van der Waals surface area (Å²) in [5.41, 5.74) is 6.97. The fourth-order valence-electron chi connectivity index (χ4n) is 0. The largest absolute Gasteiger partial charge is 1.00 e. The smallest absolute Gasteiger partial charge is 0.0711 e. The van der Waals surface area contributed by atoms with Gasteiger partial charge in [-0.2, -0.15) is 0 Å². The van der Waals surface area contributed by atoms with Gasteiger partial charge in [-0.3, -0.25) is 0 Å². The molecule has 0 atom stereocenters. The lowest BCUT2D eigenvalue weighted by molar-refractivity contribution is -0.362. The molecule has 0 aliphatic rings. The first kappa shape index (κ1) is 22.4. The molecule has 0 unspecified atom stereocenters. The predicted octanol–water partition coefficient (Wildman–Crippen LogP) is -5.13. The summed E-state index contributed by atoms with van der Waals surface area (Å²) in [6.07, 6.45) is 0. The van der Waals surface area contributed by atoms with Crippen molar-refractivity contribution in [3.63, 3.8) is 0 Å². The Hall–Kier alpha value is 0.360. The monoisotopic (exact) mass is 216 g/mol. The second-order valence-corrected chi connectivity index (χ2v) is 1.29. The molecule has 0 fully saturated rings. The molecule has 0 rings (SSSR count). The zero-order valence-corrected chi connectivity index (χ0v) is 8.91. The zero-order chi connectivity index (χ0) is 8.12. The molecule has 0 bridgehead atoms. The molecule has 10 heavy (non-hydrogen) atoms. The number of halogens is 1. The van der Waals surface area contributed by atoms with Crippen LogP contribution in [0.25, 0.3) is 0 Å². The molecule has 0 saturated carbocycles. The average Bonchev–Trinajstić information content (AvgIpc) is 1.70. The Labute approximate surface area is 74.6 Å². The van der Waals surface area contributed by atoms with Crippen LogP contribution in [0, 0.1) is 0 Å². The molecule has 3 nitrogen and oxygen atoms in total. The van der Waals surface area contributed by atoms with Crippen molar-refractivity contribution in [2.24, 2.45) is 0 Å². The molecular weight excluding hydrogens is 196 g/mol. The van der Waals surface area contributed by atoms with Crippen molar-refractivity contribution in [1.29, 1.82) is 0 Å². The first-order valence-corrected chi connectivity index (χ1v) is 3.41. The van der Waals surface area contributed by atoms with Crippen LogP contribution in [0.4, 0.5) is 0 Å². The molecule has 0 aromatic rings. The van der Waals surface area contributed by atoms with Crippen LogP contribution in [0.3, 0.4) is 0 Å². The van der Waals surface area contributed by atoms with Crippen molar-refractivity contribution in [1.82, 2.24) is 0 Å². The summed E-state index contributed by atoms with van der Waals surface area (Å²) in [5, 5.41) is 8.93. The van der Waals surface area contributed by atoms with Crippen LogP contribution >= 0.6 is 0 Å². The van der Waals surface area contributed by atoms with Crippen molar-refractivity contribution in [3.8, 4) is 0 Å². The third-order valence-electron chi connectivity index (χ3n) is 0. The van der Waals surface area contributed by atoms with E-state index in [9.17, 15) is 0 Å². The first-order valence-electron chi connectivity index (χ1n) is 3.41. The first-order chi connectivity index (χ1) is 4.24. The number of hydrogen-bond acceptors (Lipinski definition) is 1. The van der Waals surface area contributed by atoms with Crippen LogP contribution in [0.1, 0.15) is 20.8 Å².